The van der Waals surface area contributed by atoms with Gasteiger partial charge in [0.25, 0.3) is 0 Å². The average molecular weight is 384 g/mol. The number of carboxylic acids is 1. The van der Waals surface area contributed by atoms with E-state index in [9.17, 15) is 9.59 Å². The maximum Gasteiger partial charge on any atom is 0.319 e. The SMILES string of the molecule is O=C(O)CN(CC1CC1)C1CC(NC(=O)Nc2ccc(-n3nccn3)cc2)C1. The van der Waals surface area contributed by atoms with E-state index in [1.807, 2.05) is 12.1 Å². The Morgan fingerprint density at radius 1 is 1.14 bits per heavy atom. The molecule has 2 saturated carbocycles. The van der Waals surface area contributed by atoms with Crippen molar-refractivity contribution < 1.29 is 14.7 Å². The first-order valence-electron chi connectivity index (χ1n) is 9.57. The zero-order valence-electron chi connectivity index (χ0n) is 15.5. The molecule has 0 spiro atoms. The number of rotatable bonds is 8. The van der Waals surface area contributed by atoms with Gasteiger partial charge in [-0.15, -0.1) is 0 Å². The third-order valence-electron chi connectivity index (χ3n) is 5.27. The number of anilines is 1. The van der Waals surface area contributed by atoms with Crippen LogP contribution in [0.3, 0.4) is 0 Å². The van der Waals surface area contributed by atoms with E-state index in [0.717, 1.165) is 25.1 Å². The van der Waals surface area contributed by atoms with Gasteiger partial charge in [-0.1, -0.05) is 0 Å². The molecule has 28 heavy (non-hydrogen) atoms. The van der Waals surface area contributed by atoms with Gasteiger partial charge in [-0.05, 0) is 55.9 Å². The number of amides is 2. The van der Waals surface area contributed by atoms with Crippen LogP contribution in [0.5, 0.6) is 0 Å². The van der Waals surface area contributed by atoms with Crippen LogP contribution in [-0.2, 0) is 4.79 Å². The first-order valence-corrected chi connectivity index (χ1v) is 9.57. The van der Waals surface area contributed by atoms with E-state index in [4.69, 9.17) is 5.11 Å². The van der Waals surface area contributed by atoms with Crippen LogP contribution in [0, 0.1) is 5.92 Å². The highest BCUT2D eigenvalue weighted by Crippen LogP contribution is 2.33. The molecule has 0 saturated heterocycles. The molecule has 0 bridgehead atoms. The van der Waals surface area contributed by atoms with Crippen LogP contribution in [0.2, 0.25) is 0 Å². The van der Waals surface area contributed by atoms with Crippen molar-refractivity contribution in [1.82, 2.24) is 25.2 Å². The van der Waals surface area contributed by atoms with Crippen molar-refractivity contribution in [2.75, 3.05) is 18.4 Å². The van der Waals surface area contributed by atoms with Crippen molar-refractivity contribution in [3.05, 3.63) is 36.7 Å². The van der Waals surface area contributed by atoms with E-state index in [0.29, 0.717) is 11.6 Å². The van der Waals surface area contributed by atoms with Gasteiger partial charge in [-0.3, -0.25) is 9.69 Å². The van der Waals surface area contributed by atoms with Gasteiger partial charge < -0.3 is 15.7 Å². The fourth-order valence-electron chi connectivity index (χ4n) is 3.53. The van der Waals surface area contributed by atoms with Crippen LogP contribution in [0.4, 0.5) is 10.5 Å². The molecule has 2 aliphatic rings. The van der Waals surface area contributed by atoms with Gasteiger partial charge in [-0.25, -0.2) is 4.79 Å². The summed E-state index contributed by atoms with van der Waals surface area (Å²) >= 11 is 0. The zero-order chi connectivity index (χ0) is 19.5. The van der Waals surface area contributed by atoms with Crippen LogP contribution in [0.15, 0.2) is 36.7 Å². The summed E-state index contributed by atoms with van der Waals surface area (Å²) in [5.74, 6) is -0.141. The van der Waals surface area contributed by atoms with Gasteiger partial charge in [-0.2, -0.15) is 15.0 Å². The number of nitrogens with zero attached hydrogens (tertiary/aromatic N) is 4. The van der Waals surface area contributed by atoms with Crippen LogP contribution < -0.4 is 10.6 Å². The summed E-state index contributed by atoms with van der Waals surface area (Å²) < 4.78 is 0. The second kappa shape index (κ2) is 7.97. The van der Waals surface area contributed by atoms with Gasteiger partial charge in [0.05, 0.1) is 24.6 Å². The summed E-state index contributed by atoms with van der Waals surface area (Å²) in [6, 6.07) is 7.32. The molecule has 1 aromatic carbocycles. The lowest BCUT2D eigenvalue weighted by Gasteiger charge is -2.42. The number of carbonyl (C=O) groups excluding carboxylic acids is 1. The quantitative estimate of drug-likeness (QED) is 0.639. The minimum Gasteiger partial charge on any atom is -0.480 e. The summed E-state index contributed by atoms with van der Waals surface area (Å²) in [6.45, 7) is 0.935. The molecule has 0 radical (unpaired) electrons. The van der Waals surface area contributed by atoms with Gasteiger partial charge in [0.1, 0.15) is 0 Å². The molecule has 9 heteroatoms. The number of carbonyl (C=O) groups is 2. The average Bonchev–Trinajstić information content (AvgIpc) is 3.27. The van der Waals surface area contributed by atoms with Crippen LogP contribution in [-0.4, -0.2) is 62.2 Å². The Morgan fingerprint density at radius 2 is 1.82 bits per heavy atom. The van der Waals surface area contributed by atoms with Crippen LogP contribution in [0.1, 0.15) is 25.7 Å². The second-order valence-electron chi connectivity index (χ2n) is 7.55. The second-order valence-corrected chi connectivity index (χ2v) is 7.55. The maximum atomic E-state index is 12.2. The van der Waals surface area contributed by atoms with Crippen molar-refractivity contribution in [3.63, 3.8) is 0 Å². The predicted molar refractivity (Wildman–Crippen MR) is 102 cm³/mol. The van der Waals surface area contributed by atoms with Gasteiger partial charge in [0.2, 0.25) is 0 Å². The Labute approximate surface area is 162 Å². The van der Waals surface area contributed by atoms with E-state index in [-0.39, 0.29) is 24.7 Å². The maximum absolute atomic E-state index is 12.2. The minimum atomic E-state index is -0.788. The number of benzene rings is 1. The molecule has 2 aromatic rings. The molecule has 3 N–H and O–H groups in total. The summed E-state index contributed by atoms with van der Waals surface area (Å²) in [5, 5.41) is 23.0. The third kappa shape index (κ3) is 4.66. The number of aliphatic carboxylic acids is 1. The molecule has 2 fully saturated rings. The van der Waals surface area contributed by atoms with Gasteiger partial charge >= 0.3 is 12.0 Å². The van der Waals surface area contributed by atoms with Crippen molar-refractivity contribution in [2.45, 2.75) is 37.8 Å². The molecule has 4 rings (SSSR count). The monoisotopic (exact) mass is 384 g/mol. The highest BCUT2D eigenvalue weighted by molar-refractivity contribution is 5.89. The third-order valence-corrected chi connectivity index (χ3v) is 5.27. The Hall–Kier alpha value is -2.94. The fourth-order valence-corrected chi connectivity index (χ4v) is 3.53. The predicted octanol–water partition coefficient (Wildman–Crippen LogP) is 1.72. The first kappa shape index (κ1) is 18.4. The van der Waals surface area contributed by atoms with Crippen molar-refractivity contribution in [3.8, 4) is 5.69 Å². The molecule has 2 aliphatic carbocycles. The number of hydrogen-bond donors (Lipinski definition) is 3. The number of aromatic nitrogens is 3. The van der Waals surface area contributed by atoms with Crippen molar-refractivity contribution >= 4 is 17.7 Å². The number of hydrogen-bond acceptors (Lipinski definition) is 5. The molecule has 1 aromatic heterocycles. The Bertz CT molecular complexity index is 813. The topological polar surface area (TPSA) is 112 Å². The molecule has 0 atom stereocenters. The van der Waals surface area contributed by atoms with Crippen LogP contribution >= 0.6 is 0 Å². The lowest BCUT2D eigenvalue weighted by atomic mass is 9.85. The van der Waals surface area contributed by atoms with E-state index in [1.54, 1.807) is 24.5 Å². The summed E-state index contributed by atoms with van der Waals surface area (Å²) in [4.78, 5) is 26.9. The Balaban J connectivity index is 1.23. The summed E-state index contributed by atoms with van der Waals surface area (Å²) in [6.07, 6.45) is 7.18. The minimum absolute atomic E-state index is 0.0769. The lowest BCUT2D eigenvalue weighted by molar-refractivity contribution is -0.139. The number of nitrogens with one attached hydrogen (secondary N) is 2. The number of carboxylic acid groups (broad SMARTS) is 1. The Kier molecular flexibility index (Phi) is 5.25. The fraction of sp³-hybridized carbons (Fsp3) is 0.474. The Morgan fingerprint density at radius 3 is 2.43 bits per heavy atom. The molecular weight excluding hydrogens is 360 g/mol. The molecule has 0 unspecified atom stereocenters. The molecule has 1 heterocycles. The van der Waals surface area contributed by atoms with Crippen molar-refractivity contribution in [1.29, 1.82) is 0 Å². The standard InChI is InChI=1S/C19H24N6O3/c26-18(27)12-24(11-13-1-2-13)17-9-15(10-17)23-19(28)22-14-3-5-16(6-4-14)25-20-7-8-21-25/h3-8,13,15,17H,1-2,9-12H2,(H,26,27)(H2,22,23,28). The molecule has 2 amide bonds. The van der Waals surface area contributed by atoms with E-state index < -0.39 is 5.97 Å². The molecule has 148 valence electrons. The van der Waals surface area contributed by atoms with E-state index in [1.165, 1.54) is 17.6 Å². The van der Waals surface area contributed by atoms with E-state index in [2.05, 4.69) is 25.7 Å². The summed E-state index contributed by atoms with van der Waals surface area (Å²) in [7, 11) is 0. The lowest BCUT2D eigenvalue weighted by Crippen LogP contribution is -2.55. The summed E-state index contributed by atoms with van der Waals surface area (Å²) in [5.41, 5.74) is 1.50. The van der Waals surface area contributed by atoms with Crippen molar-refractivity contribution in [2.24, 2.45) is 5.92 Å². The smallest absolute Gasteiger partial charge is 0.319 e. The first-order chi connectivity index (χ1) is 13.6. The van der Waals surface area contributed by atoms with Gasteiger partial charge in [0.15, 0.2) is 0 Å². The number of urea groups is 1. The zero-order valence-corrected chi connectivity index (χ0v) is 15.5. The normalized spacial score (nSPS) is 21.2. The highest BCUT2D eigenvalue weighted by Gasteiger charge is 2.37. The highest BCUT2D eigenvalue weighted by atomic mass is 16.4. The molecular formula is C19H24N6O3. The van der Waals surface area contributed by atoms with E-state index >= 15 is 0 Å². The molecule has 0 aliphatic heterocycles. The van der Waals surface area contributed by atoms with Crippen LogP contribution in [0.25, 0.3) is 5.69 Å². The largest absolute Gasteiger partial charge is 0.480 e. The molecule has 9 nitrogen and oxygen atoms in total. The van der Waals surface area contributed by atoms with Gasteiger partial charge in [0, 0.05) is 24.3 Å².